The van der Waals surface area contributed by atoms with Gasteiger partial charge in [-0.05, 0) is 30.7 Å². The minimum atomic E-state index is -4.80. The lowest BCUT2D eigenvalue weighted by molar-refractivity contribution is -0.187. The number of hydrogen-bond acceptors (Lipinski definition) is 2. The van der Waals surface area contributed by atoms with Crippen LogP contribution in [0.4, 0.5) is 13.2 Å². The molecule has 0 spiro atoms. The molecule has 3 nitrogen and oxygen atoms in total. The summed E-state index contributed by atoms with van der Waals surface area (Å²) in [6.45, 7) is 9.54. The van der Waals surface area contributed by atoms with Crippen molar-refractivity contribution in [2.45, 2.75) is 46.9 Å². The molecule has 1 heterocycles. The number of alkyl halides is 3. The second kappa shape index (κ2) is 8.82. The van der Waals surface area contributed by atoms with E-state index in [0.29, 0.717) is 10.6 Å². The highest BCUT2D eigenvalue weighted by molar-refractivity contribution is 6.30. The summed E-state index contributed by atoms with van der Waals surface area (Å²) < 4.78 is 43.2. The average molecular weight is 353 g/mol. The lowest BCUT2D eigenvalue weighted by Gasteiger charge is -2.28. The van der Waals surface area contributed by atoms with E-state index in [2.05, 4.69) is 0 Å². The number of aliphatic carboxylic acids is 1. The summed E-state index contributed by atoms with van der Waals surface area (Å²) in [5.74, 6) is -1.68. The van der Waals surface area contributed by atoms with E-state index in [0.717, 1.165) is 6.08 Å². The van der Waals surface area contributed by atoms with Gasteiger partial charge in [-0.2, -0.15) is 13.2 Å². The molecule has 0 aromatic heterocycles. The Morgan fingerprint density at radius 3 is 2.17 bits per heavy atom. The van der Waals surface area contributed by atoms with Gasteiger partial charge in [-0.25, -0.2) is 4.79 Å². The first kappa shape index (κ1) is 21.3. The smallest absolute Gasteiger partial charge is 0.430 e. The Labute approximate surface area is 138 Å². The molecule has 1 unspecified atom stereocenters. The summed E-state index contributed by atoms with van der Waals surface area (Å²) >= 11 is 5.78. The molecular weight excluding hydrogens is 333 g/mol. The van der Waals surface area contributed by atoms with Gasteiger partial charge in [0.15, 0.2) is 0 Å². The van der Waals surface area contributed by atoms with Crippen LogP contribution in [0.2, 0.25) is 5.02 Å². The molecule has 1 N–H and O–H groups in total. The molecule has 1 aromatic rings. The van der Waals surface area contributed by atoms with E-state index in [1.807, 2.05) is 27.7 Å². The fourth-order valence-electron chi connectivity index (χ4n) is 1.87. The van der Waals surface area contributed by atoms with Crippen LogP contribution in [0.15, 0.2) is 17.7 Å². The van der Waals surface area contributed by atoms with Gasteiger partial charge in [-0.1, -0.05) is 39.3 Å². The van der Waals surface area contributed by atoms with E-state index in [9.17, 15) is 18.0 Å². The van der Waals surface area contributed by atoms with Crippen molar-refractivity contribution >= 4 is 23.6 Å². The molecule has 23 heavy (non-hydrogen) atoms. The predicted molar refractivity (Wildman–Crippen MR) is 85.0 cm³/mol. The molecule has 1 aliphatic rings. The maximum absolute atomic E-state index is 12.8. The van der Waals surface area contributed by atoms with Gasteiger partial charge >= 0.3 is 12.1 Å². The van der Waals surface area contributed by atoms with Crippen LogP contribution in [0.5, 0.6) is 5.75 Å². The molecule has 0 saturated heterocycles. The summed E-state index contributed by atoms with van der Waals surface area (Å²) in [7, 11) is 0. The van der Waals surface area contributed by atoms with Crippen molar-refractivity contribution in [2.75, 3.05) is 0 Å². The Hall–Kier alpha value is -1.69. The molecule has 0 bridgehead atoms. The number of fused-ring (bicyclic) bond motifs is 1. The van der Waals surface area contributed by atoms with Crippen molar-refractivity contribution < 1.29 is 27.8 Å². The largest absolute Gasteiger partial charge is 0.478 e. The topological polar surface area (TPSA) is 46.5 Å². The molecule has 0 radical (unpaired) electrons. The number of hydrogen-bond donors (Lipinski definition) is 1. The Morgan fingerprint density at radius 2 is 1.74 bits per heavy atom. The summed E-state index contributed by atoms with van der Waals surface area (Å²) in [5.41, 5.74) is -0.220. The van der Waals surface area contributed by atoms with Gasteiger partial charge in [0, 0.05) is 10.6 Å². The van der Waals surface area contributed by atoms with E-state index in [1.165, 1.54) is 19.1 Å². The Kier molecular flexibility index (Phi) is 8.17. The van der Waals surface area contributed by atoms with Crippen molar-refractivity contribution in [1.29, 1.82) is 0 Å². The van der Waals surface area contributed by atoms with Crippen LogP contribution in [0.3, 0.4) is 0 Å². The third-order valence-corrected chi connectivity index (χ3v) is 2.86. The summed E-state index contributed by atoms with van der Waals surface area (Å²) in [5, 5.41) is 9.15. The molecule has 0 saturated carbocycles. The number of rotatable bonds is 1. The van der Waals surface area contributed by atoms with Crippen LogP contribution in [0, 0.1) is 6.92 Å². The van der Waals surface area contributed by atoms with E-state index in [1.54, 1.807) is 0 Å². The van der Waals surface area contributed by atoms with Gasteiger partial charge in [-0.3, -0.25) is 0 Å². The monoisotopic (exact) mass is 352 g/mol. The molecule has 2 rings (SSSR count). The number of benzene rings is 1. The van der Waals surface area contributed by atoms with E-state index >= 15 is 0 Å². The van der Waals surface area contributed by atoms with Crippen molar-refractivity contribution in [3.05, 3.63) is 33.9 Å². The maximum atomic E-state index is 12.8. The first-order valence-electron chi connectivity index (χ1n) is 7.18. The Morgan fingerprint density at radius 1 is 1.22 bits per heavy atom. The number of carboxylic acid groups (broad SMARTS) is 1. The average Bonchev–Trinajstić information content (AvgIpc) is 2.49. The fourth-order valence-corrected chi connectivity index (χ4v) is 2.15. The van der Waals surface area contributed by atoms with Crippen LogP contribution in [-0.4, -0.2) is 23.4 Å². The molecule has 0 fully saturated rings. The highest BCUT2D eigenvalue weighted by Crippen LogP contribution is 2.40. The summed E-state index contributed by atoms with van der Waals surface area (Å²) in [6, 6.07) is 2.81. The lowest BCUT2D eigenvalue weighted by Crippen LogP contribution is -2.40. The molecule has 1 aromatic carbocycles. The van der Waals surface area contributed by atoms with E-state index in [4.69, 9.17) is 21.4 Å². The first-order chi connectivity index (χ1) is 10.7. The van der Waals surface area contributed by atoms with Crippen LogP contribution in [0.25, 0.3) is 6.08 Å². The first-order valence-corrected chi connectivity index (χ1v) is 7.56. The molecule has 130 valence electrons. The maximum Gasteiger partial charge on any atom is 0.430 e. The third-order valence-electron chi connectivity index (χ3n) is 2.64. The quantitative estimate of drug-likeness (QED) is 0.726. The van der Waals surface area contributed by atoms with Crippen molar-refractivity contribution in [1.82, 2.24) is 0 Å². The zero-order chi connectivity index (χ0) is 18.4. The fraction of sp³-hybridized carbons (Fsp3) is 0.438. The molecule has 0 aliphatic carbocycles. The standard InChI is InChI=1S/C12H8ClF3O3.2C2H6/c1-5-2-7(13)3-6-4-8(11(17)18)10(12(14,15)16)19-9(5)6;2*1-2/h2-4,10H,1H3,(H,17,18);2*1-2H3. The molecule has 1 atom stereocenters. The SMILES string of the molecule is CC.CC.Cc1cc(Cl)cc2c1OC(C(F)(F)F)C(C(=O)O)=C2. The second-order valence-corrected chi connectivity index (χ2v) is 4.52. The van der Waals surface area contributed by atoms with E-state index < -0.39 is 23.8 Å². The molecule has 7 heteroatoms. The highest BCUT2D eigenvalue weighted by atomic mass is 35.5. The Bertz CT molecular complexity index is 581. The third kappa shape index (κ3) is 5.16. The molecule has 1 aliphatic heterocycles. The number of ether oxygens (including phenoxy) is 1. The van der Waals surface area contributed by atoms with Crippen molar-refractivity contribution in [3.63, 3.8) is 0 Å². The normalized spacial score (nSPS) is 15.7. The minimum absolute atomic E-state index is 0.00303. The van der Waals surface area contributed by atoms with Gasteiger partial charge in [0.05, 0.1) is 5.57 Å². The van der Waals surface area contributed by atoms with Gasteiger partial charge in [0.2, 0.25) is 6.10 Å². The Balaban J connectivity index is 0.00000112. The van der Waals surface area contributed by atoms with Crippen LogP contribution >= 0.6 is 11.6 Å². The summed E-state index contributed by atoms with van der Waals surface area (Å²) in [6.07, 6.45) is -6.33. The van der Waals surface area contributed by atoms with Gasteiger partial charge in [0.25, 0.3) is 0 Å². The predicted octanol–water partition coefficient (Wildman–Crippen LogP) is 5.49. The van der Waals surface area contributed by atoms with Crippen molar-refractivity contribution in [3.8, 4) is 5.75 Å². The van der Waals surface area contributed by atoms with Gasteiger partial charge in [-0.15, -0.1) is 0 Å². The lowest BCUT2D eigenvalue weighted by atomic mass is 9.99. The number of aryl methyl sites for hydroxylation is 1. The minimum Gasteiger partial charge on any atom is -0.478 e. The number of halogens is 4. The molecular formula is C16H20ClF3O3. The molecule has 0 amide bonds. The van der Waals surface area contributed by atoms with Crippen LogP contribution < -0.4 is 4.74 Å². The number of carboxylic acids is 1. The number of carbonyl (C=O) groups is 1. The van der Waals surface area contributed by atoms with Gasteiger partial charge in [0.1, 0.15) is 5.75 Å². The second-order valence-electron chi connectivity index (χ2n) is 4.09. The van der Waals surface area contributed by atoms with Crippen molar-refractivity contribution in [2.24, 2.45) is 0 Å². The van der Waals surface area contributed by atoms with Crippen LogP contribution in [0.1, 0.15) is 38.8 Å². The van der Waals surface area contributed by atoms with E-state index in [-0.39, 0.29) is 11.3 Å². The zero-order valence-electron chi connectivity index (χ0n) is 13.6. The summed E-state index contributed by atoms with van der Waals surface area (Å²) in [4.78, 5) is 10.9. The van der Waals surface area contributed by atoms with Crippen LogP contribution in [-0.2, 0) is 4.79 Å². The zero-order valence-corrected chi connectivity index (χ0v) is 14.3. The highest BCUT2D eigenvalue weighted by Gasteiger charge is 2.48. The van der Waals surface area contributed by atoms with Gasteiger partial charge < -0.3 is 9.84 Å².